The minimum absolute atomic E-state index is 0.229. The first kappa shape index (κ1) is 19.7. The van der Waals surface area contributed by atoms with Gasteiger partial charge in [-0.25, -0.2) is 4.79 Å². The van der Waals surface area contributed by atoms with Crippen LogP contribution in [0.4, 0.5) is 4.79 Å². The van der Waals surface area contributed by atoms with Crippen molar-refractivity contribution in [1.29, 1.82) is 0 Å². The average Bonchev–Trinajstić information content (AvgIpc) is 3.02. The van der Waals surface area contributed by atoms with Crippen molar-refractivity contribution < 1.29 is 14.3 Å². The number of hydrogen-bond acceptors (Lipinski definition) is 3. The molecule has 0 radical (unpaired) electrons. The lowest BCUT2D eigenvalue weighted by atomic mass is 10.1. The number of halogens is 1. The van der Waals surface area contributed by atoms with Gasteiger partial charge in [-0.3, -0.25) is 9.69 Å². The number of urea groups is 1. The lowest BCUT2D eigenvalue weighted by Gasteiger charge is -2.11. The molecular formula is C24H19ClN2O3. The number of hydrogen-bond donors (Lipinski definition) is 1. The molecule has 3 amide bonds. The Bertz CT molecular complexity index is 1090. The van der Waals surface area contributed by atoms with E-state index >= 15 is 0 Å². The zero-order valence-corrected chi connectivity index (χ0v) is 16.8. The van der Waals surface area contributed by atoms with Crippen molar-refractivity contribution in [3.63, 3.8) is 0 Å². The van der Waals surface area contributed by atoms with Crippen molar-refractivity contribution in [2.24, 2.45) is 0 Å². The van der Waals surface area contributed by atoms with Gasteiger partial charge in [0.25, 0.3) is 5.91 Å². The monoisotopic (exact) mass is 418 g/mol. The Morgan fingerprint density at radius 3 is 2.43 bits per heavy atom. The lowest BCUT2D eigenvalue weighted by Crippen LogP contribution is -2.30. The third kappa shape index (κ3) is 4.70. The molecule has 3 aromatic rings. The molecule has 1 N–H and O–H groups in total. The van der Waals surface area contributed by atoms with Crippen LogP contribution >= 0.6 is 11.6 Å². The normalized spacial score (nSPS) is 14.8. The Kier molecular flexibility index (Phi) is 5.82. The number of benzene rings is 3. The zero-order chi connectivity index (χ0) is 20.9. The fourth-order valence-corrected chi connectivity index (χ4v) is 3.22. The van der Waals surface area contributed by atoms with E-state index in [1.54, 1.807) is 6.08 Å². The van der Waals surface area contributed by atoms with Crippen molar-refractivity contribution in [1.82, 2.24) is 10.2 Å². The van der Waals surface area contributed by atoms with Gasteiger partial charge in [-0.05, 0) is 47.0 Å². The van der Waals surface area contributed by atoms with Gasteiger partial charge in [-0.15, -0.1) is 0 Å². The van der Waals surface area contributed by atoms with E-state index in [0.717, 1.165) is 16.7 Å². The van der Waals surface area contributed by atoms with Crippen molar-refractivity contribution in [3.8, 4) is 5.75 Å². The molecule has 0 saturated carbocycles. The minimum atomic E-state index is -0.426. The Balaban J connectivity index is 1.45. The highest BCUT2D eigenvalue weighted by Gasteiger charge is 2.33. The second-order valence-electron chi connectivity index (χ2n) is 6.85. The third-order valence-corrected chi connectivity index (χ3v) is 4.89. The Morgan fingerprint density at radius 2 is 1.67 bits per heavy atom. The quantitative estimate of drug-likeness (QED) is 0.452. The van der Waals surface area contributed by atoms with E-state index in [-0.39, 0.29) is 18.1 Å². The molecule has 30 heavy (non-hydrogen) atoms. The van der Waals surface area contributed by atoms with Gasteiger partial charge >= 0.3 is 6.03 Å². The third-order valence-electron chi connectivity index (χ3n) is 4.63. The summed E-state index contributed by atoms with van der Waals surface area (Å²) >= 11 is 5.90. The number of amides is 3. The van der Waals surface area contributed by atoms with Gasteiger partial charge < -0.3 is 10.1 Å². The highest BCUT2D eigenvalue weighted by molar-refractivity contribution is 6.30. The summed E-state index contributed by atoms with van der Waals surface area (Å²) in [5.41, 5.74) is 2.89. The second-order valence-corrected chi connectivity index (χ2v) is 7.29. The van der Waals surface area contributed by atoms with Gasteiger partial charge in [-0.2, -0.15) is 0 Å². The van der Waals surface area contributed by atoms with Crippen LogP contribution in [-0.4, -0.2) is 16.8 Å². The van der Waals surface area contributed by atoms with Gasteiger partial charge in [0.15, 0.2) is 0 Å². The maximum Gasteiger partial charge on any atom is 0.329 e. The van der Waals surface area contributed by atoms with Crippen molar-refractivity contribution in [2.45, 2.75) is 13.2 Å². The molecule has 1 aliphatic heterocycles. The number of nitrogens with one attached hydrogen (secondary N) is 1. The fraction of sp³-hybridized carbons (Fsp3) is 0.0833. The zero-order valence-electron chi connectivity index (χ0n) is 16.0. The van der Waals surface area contributed by atoms with E-state index < -0.39 is 6.03 Å². The van der Waals surface area contributed by atoms with Gasteiger partial charge in [-0.1, -0.05) is 66.2 Å². The van der Waals surface area contributed by atoms with Gasteiger partial charge in [0.05, 0.1) is 6.54 Å². The first-order valence-electron chi connectivity index (χ1n) is 9.44. The molecular weight excluding hydrogens is 400 g/mol. The van der Waals surface area contributed by atoms with E-state index in [2.05, 4.69) is 5.32 Å². The predicted molar refractivity (Wildman–Crippen MR) is 116 cm³/mol. The number of imide groups is 1. The molecule has 1 aliphatic rings. The van der Waals surface area contributed by atoms with E-state index in [0.29, 0.717) is 17.4 Å². The van der Waals surface area contributed by atoms with E-state index in [1.165, 1.54) is 4.90 Å². The van der Waals surface area contributed by atoms with E-state index in [1.807, 2.05) is 78.9 Å². The molecule has 1 heterocycles. The Labute approximate surface area is 179 Å². The van der Waals surface area contributed by atoms with Crippen LogP contribution < -0.4 is 10.1 Å². The molecule has 0 aliphatic carbocycles. The summed E-state index contributed by atoms with van der Waals surface area (Å²) in [7, 11) is 0. The van der Waals surface area contributed by atoms with Crippen LogP contribution in [0.1, 0.15) is 16.7 Å². The molecule has 0 spiro atoms. The summed E-state index contributed by atoms with van der Waals surface area (Å²) in [6.45, 7) is 0.630. The molecule has 0 unspecified atom stereocenters. The highest BCUT2D eigenvalue weighted by atomic mass is 35.5. The molecule has 0 aromatic heterocycles. The summed E-state index contributed by atoms with van der Waals surface area (Å²) < 4.78 is 5.83. The van der Waals surface area contributed by atoms with Crippen LogP contribution in [0.5, 0.6) is 5.75 Å². The number of carbonyl (C=O) groups is 2. The maximum atomic E-state index is 12.7. The molecule has 5 nitrogen and oxygen atoms in total. The molecule has 4 rings (SSSR count). The second kappa shape index (κ2) is 8.84. The number of nitrogens with zero attached hydrogens (tertiary/aromatic N) is 1. The fourth-order valence-electron chi connectivity index (χ4n) is 3.09. The van der Waals surface area contributed by atoms with Crippen LogP contribution in [0, 0.1) is 0 Å². The maximum absolute atomic E-state index is 12.7. The van der Waals surface area contributed by atoms with E-state index in [4.69, 9.17) is 16.3 Å². The minimum Gasteiger partial charge on any atom is -0.489 e. The first-order valence-corrected chi connectivity index (χ1v) is 9.82. The van der Waals surface area contributed by atoms with Crippen LogP contribution in [0.3, 0.4) is 0 Å². The average molecular weight is 419 g/mol. The smallest absolute Gasteiger partial charge is 0.329 e. The van der Waals surface area contributed by atoms with Crippen LogP contribution in [0.15, 0.2) is 84.6 Å². The summed E-state index contributed by atoms with van der Waals surface area (Å²) in [5.74, 6) is 0.313. The molecule has 1 saturated heterocycles. The lowest BCUT2D eigenvalue weighted by molar-refractivity contribution is -0.123. The summed E-state index contributed by atoms with van der Waals surface area (Å²) in [6.07, 6.45) is 1.65. The largest absolute Gasteiger partial charge is 0.489 e. The summed E-state index contributed by atoms with van der Waals surface area (Å²) in [5, 5.41) is 3.33. The molecule has 1 fully saturated rings. The standard InChI is InChI=1S/C24H19ClN2O3/c25-20-11-9-18(10-12-20)16-30-21-8-4-7-19(13-21)14-22-23(28)27(24(29)26-22)15-17-5-2-1-3-6-17/h1-14H,15-16H2,(H,26,29)/b22-14+. The molecule has 6 heteroatoms. The van der Waals surface area contributed by atoms with Crippen molar-refractivity contribution >= 4 is 29.6 Å². The van der Waals surface area contributed by atoms with Gasteiger partial charge in [0.1, 0.15) is 18.1 Å². The summed E-state index contributed by atoms with van der Waals surface area (Å²) in [6, 6.07) is 23.8. The molecule has 150 valence electrons. The van der Waals surface area contributed by atoms with E-state index in [9.17, 15) is 9.59 Å². The summed E-state index contributed by atoms with van der Waals surface area (Å²) in [4.78, 5) is 26.1. The SMILES string of the molecule is O=C1N/C(=C/c2cccc(OCc3ccc(Cl)cc3)c2)C(=O)N1Cc1ccccc1. The van der Waals surface area contributed by atoms with Crippen LogP contribution in [-0.2, 0) is 17.9 Å². The van der Waals surface area contributed by atoms with Crippen LogP contribution in [0.2, 0.25) is 5.02 Å². The first-order chi connectivity index (χ1) is 14.6. The number of ether oxygens (including phenoxy) is 1. The van der Waals surface area contributed by atoms with Gasteiger partial charge in [0.2, 0.25) is 0 Å². The van der Waals surface area contributed by atoms with Gasteiger partial charge in [0, 0.05) is 5.02 Å². The molecule has 0 bridgehead atoms. The number of carbonyl (C=O) groups excluding carboxylic acids is 2. The Morgan fingerprint density at radius 1 is 0.900 bits per heavy atom. The molecule has 0 atom stereocenters. The van der Waals surface area contributed by atoms with Crippen molar-refractivity contribution in [3.05, 3.63) is 106 Å². The highest BCUT2D eigenvalue weighted by Crippen LogP contribution is 2.21. The molecule has 3 aromatic carbocycles. The number of rotatable bonds is 6. The predicted octanol–water partition coefficient (Wildman–Crippen LogP) is 5.01. The van der Waals surface area contributed by atoms with Crippen LogP contribution in [0.25, 0.3) is 6.08 Å². The van der Waals surface area contributed by atoms with Crippen molar-refractivity contribution in [2.75, 3.05) is 0 Å². The topological polar surface area (TPSA) is 58.6 Å². The Hall–Kier alpha value is -3.57.